The third kappa shape index (κ3) is 8.34. The lowest BCUT2D eigenvalue weighted by Gasteiger charge is -2.36. The lowest BCUT2D eigenvalue weighted by molar-refractivity contribution is -0.144. The molecule has 0 fully saturated rings. The van der Waals surface area contributed by atoms with Crippen LogP contribution in [0.4, 0.5) is 0 Å². The van der Waals surface area contributed by atoms with Crippen LogP contribution in [-0.2, 0) is 23.5 Å². The highest BCUT2D eigenvalue weighted by atomic mass is 28.4. The van der Waals surface area contributed by atoms with Gasteiger partial charge in [0.15, 0.2) is 8.32 Å². The van der Waals surface area contributed by atoms with Crippen LogP contribution in [0.15, 0.2) is 12.2 Å². The second-order valence-corrected chi connectivity index (χ2v) is 11.6. The minimum Gasteiger partial charge on any atom is -0.466 e. The van der Waals surface area contributed by atoms with E-state index < -0.39 is 20.4 Å². The monoisotopic (exact) mass is 330 g/mol. The molecule has 0 aliphatic rings. The lowest BCUT2D eigenvalue weighted by atomic mass is 10.2. The summed E-state index contributed by atoms with van der Waals surface area (Å²) in [5.74, 6) is -0.834. The minimum absolute atomic E-state index is 0.174. The first-order valence-electron chi connectivity index (χ1n) is 7.57. The van der Waals surface area contributed by atoms with E-state index in [0.717, 1.165) is 6.42 Å². The summed E-state index contributed by atoms with van der Waals surface area (Å²) in [6.45, 7) is 13.0. The molecular weight excluding hydrogens is 300 g/mol. The first kappa shape index (κ1) is 20.9. The van der Waals surface area contributed by atoms with E-state index in [9.17, 15) is 9.59 Å². The molecule has 0 spiro atoms. The molecule has 0 aromatic carbocycles. The molecule has 0 radical (unpaired) electrons. The van der Waals surface area contributed by atoms with Gasteiger partial charge in [0.05, 0.1) is 7.11 Å². The zero-order valence-corrected chi connectivity index (χ0v) is 15.9. The molecule has 22 heavy (non-hydrogen) atoms. The topological polar surface area (TPSA) is 61.8 Å². The van der Waals surface area contributed by atoms with E-state index in [1.807, 2.05) is 0 Å². The predicted molar refractivity (Wildman–Crippen MR) is 89.1 cm³/mol. The van der Waals surface area contributed by atoms with Crippen molar-refractivity contribution in [3.05, 3.63) is 12.2 Å². The molecule has 1 unspecified atom stereocenters. The molecule has 0 aromatic rings. The van der Waals surface area contributed by atoms with Crippen LogP contribution >= 0.6 is 0 Å². The third-order valence-corrected chi connectivity index (χ3v) is 8.41. The van der Waals surface area contributed by atoms with Gasteiger partial charge in [-0.15, -0.1) is 0 Å². The van der Waals surface area contributed by atoms with Crippen molar-refractivity contribution in [2.75, 3.05) is 13.7 Å². The summed E-state index contributed by atoms with van der Waals surface area (Å²) >= 11 is 0. The van der Waals surface area contributed by atoms with Gasteiger partial charge in [-0.05, 0) is 37.0 Å². The highest BCUT2D eigenvalue weighted by Crippen LogP contribution is 2.36. The van der Waals surface area contributed by atoms with Gasteiger partial charge in [0.1, 0.15) is 6.10 Å². The van der Waals surface area contributed by atoms with E-state index >= 15 is 0 Å². The Bertz CT molecular complexity index is 396. The Hall–Kier alpha value is -1.14. The van der Waals surface area contributed by atoms with E-state index in [2.05, 4.69) is 38.6 Å². The van der Waals surface area contributed by atoms with E-state index in [1.54, 1.807) is 6.08 Å². The molecule has 0 bridgehead atoms. The maximum Gasteiger partial charge on any atom is 0.330 e. The number of hydrogen-bond acceptors (Lipinski definition) is 5. The Morgan fingerprint density at radius 3 is 2.27 bits per heavy atom. The predicted octanol–water partition coefficient (Wildman–Crippen LogP) is 3.45. The van der Waals surface area contributed by atoms with Gasteiger partial charge in [-0.1, -0.05) is 20.8 Å². The fourth-order valence-electron chi connectivity index (χ4n) is 1.49. The standard InChI is InChI=1S/C16H30O5Si/c1-13(17)21-14(10-11-15(18)19-5)9-8-12-20-22(6,7)16(2,3)4/h10-11,14H,8-9,12H2,1-7H3/b11-10+. The molecule has 0 saturated carbocycles. The van der Waals surface area contributed by atoms with E-state index in [4.69, 9.17) is 9.16 Å². The molecule has 0 N–H and O–H groups in total. The van der Waals surface area contributed by atoms with Crippen molar-refractivity contribution in [1.29, 1.82) is 0 Å². The van der Waals surface area contributed by atoms with Crippen LogP contribution in [0.3, 0.4) is 0 Å². The molecule has 0 aliphatic heterocycles. The Morgan fingerprint density at radius 2 is 1.82 bits per heavy atom. The zero-order chi connectivity index (χ0) is 17.4. The van der Waals surface area contributed by atoms with Crippen LogP contribution in [0.25, 0.3) is 0 Å². The van der Waals surface area contributed by atoms with Crippen molar-refractivity contribution in [1.82, 2.24) is 0 Å². The molecule has 0 saturated heterocycles. The molecule has 0 aliphatic carbocycles. The summed E-state index contributed by atoms with van der Waals surface area (Å²) in [6.07, 6.45) is 3.78. The van der Waals surface area contributed by atoms with Crippen molar-refractivity contribution in [3.63, 3.8) is 0 Å². The van der Waals surface area contributed by atoms with Gasteiger partial charge in [0, 0.05) is 19.6 Å². The maximum atomic E-state index is 11.1. The minimum atomic E-state index is -1.75. The highest BCUT2D eigenvalue weighted by Gasteiger charge is 2.36. The quantitative estimate of drug-likeness (QED) is 0.295. The van der Waals surface area contributed by atoms with Gasteiger partial charge in [0.25, 0.3) is 0 Å². The van der Waals surface area contributed by atoms with E-state index in [0.29, 0.717) is 13.0 Å². The van der Waals surface area contributed by atoms with Crippen molar-refractivity contribution < 1.29 is 23.5 Å². The molecule has 1 atom stereocenters. The fraction of sp³-hybridized carbons (Fsp3) is 0.750. The van der Waals surface area contributed by atoms with Crippen LogP contribution in [-0.4, -0.2) is 40.1 Å². The number of carbonyl (C=O) groups is 2. The van der Waals surface area contributed by atoms with Crippen molar-refractivity contribution in [2.24, 2.45) is 0 Å². The van der Waals surface area contributed by atoms with Crippen molar-refractivity contribution >= 4 is 20.3 Å². The fourth-order valence-corrected chi connectivity index (χ4v) is 2.58. The molecular formula is C16H30O5Si. The average Bonchev–Trinajstić information content (AvgIpc) is 2.38. The van der Waals surface area contributed by atoms with Gasteiger partial charge in [-0.3, -0.25) is 4.79 Å². The summed E-state index contributed by atoms with van der Waals surface area (Å²) < 4.78 is 15.8. The van der Waals surface area contributed by atoms with Crippen LogP contribution < -0.4 is 0 Å². The first-order chi connectivity index (χ1) is 9.99. The first-order valence-corrected chi connectivity index (χ1v) is 10.5. The largest absolute Gasteiger partial charge is 0.466 e. The SMILES string of the molecule is COC(=O)/C=C/C(CCCO[Si](C)(C)C(C)(C)C)OC(C)=O. The lowest BCUT2D eigenvalue weighted by Crippen LogP contribution is -2.41. The number of esters is 2. The summed E-state index contributed by atoms with van der Waals surface area (Å²) in [7, 11) is -0.445. The molecule has 6 heteroatoms. The van der Waals surface area contributed by atoms with Gasteiger partial charge in [0.2, 0.25) is 0 Å². The van der Waals surface area contributed by atoms with Gasteiger partial charge in [-0.25, -0.2) is 4.79 Å². The molecule has 0 aromatic heterocycles. The smallest absolute Gasteiger partial charge is 0.330 e. The normalized spacial score (nSPS) is 14.0. The Balaban J connectivity index is 4.38. The number of rotatable bonds is 8. The van der Waals surface area contributed by atoms with Gasteiger partial charge in [-0.2, -0.15) is 0 Å². The number of methoxy groups -OCH3 is 1. The summed E-state index contributed by atoms with van der Waals surface area (Å²) in [6, 6.07) is 0. The molecule has 128 valence electrons. The number of hydrogen-bond donors (Lipinski definition) is 0. The average molecular weight is 330 g/mol. The van der Waals surface area contributed by atoms with Crippen LogP contribution in [0.1, 0.15) is 40.5 Å². The summed E-state index contributed by atoms with van der Waals surface area (Å²) in [4.78, 5) is 22.2. The van der Waals surface area contributed by atoms with Crippen LogP contribution in [0.5, 0.6) is 0 Å². The van der Waals surface area contributed by atoms with Gasteiger partial charge >= 0.3 is 11.9 Å². The van der Waals surface area contributed by atoms with Crippen molar-refractivity contribution in [2.45, 2.75) is 64.8 Å². The Morgan fingerprint density at radius 1 is 1.23 bits per heavy atom. The second-order valence-electron chi connectivity index (χ2n) is 6.78. The third-order valence-electron chi connectivity index (χ3n) is 3.87. The molecule has 0 heterocycles. The molecule has 5 nitrogen and oxygen atoms in total. The van der Waals surface area contributed by atoms with Gasteiger partial charge < -0.3 is 13.9 Å². The zero-order valence-electron chi connectivity index (χ0n) is 14.9. The van der Waals surface area contributed by atoms with E-state index in [-0.39, 0.29) is 11.0 Å². The Kier molecular flexibility index (Phi) is 8.63. The Labute approximate surface area is 135 Å². The van der Waals surface area contributed by atoms with Crippen LogP contribution in [0, 0.1) is 0 Å². The second kappa shape index (κ2) is 9.10. The number of carbonyl (C=O) groups excluding carboxylic acids is 2. The van der Waals surface area contributed by atoms with Crippen LogP contribution in [0.2, 0.25) is 18.1 Å². The number of ether oxygens (including phenoxy) is 2. The van der Waals surface area contributed by atoms with Crippen molar-refractivity contribution in [3.8, 4) is 0 Å². The maximum absolute atomic E-state index is 11.1. The summed E-state index contributed by atoms with van der Waals surface area (Å²) in [5.41, 5.74) is 0. The summed E-state index contributed by atoms with van der Waals surface area (Å²) in [5, 5.41) is 0.174. The molecule has 0 rings (SSSR count). The highest BCUT2D eigenvalue weighted by molar-refractivity contribution is 6.74. The van der Waals surface area contributed by atoms with E-state index in [1.165, 1.54) is 20.1 Å². The molecule has 0 amide bonds.